The van der Waals surface area contributed by atoms with Crippen LogP contribution in [0.4, 0.5) is 0 Å². The van der Waals surface area contributed by atoms with E-state index in [0.29, 0.717) is 6.54 Å². The van der Waals surface area contributed by atoms with Gasteiger partial charge >= 0.3 is 0 Å². The average Bonchev–Trinajstić information content (AvgIpc) is 2.68. The van der Waals surface area contributed by atoms with Gasteiger partial charge in [0.1, 0.15) is 5.75 Å². The molecule has 2 aromatic rings. The minimum atomic E-state index is -0.0203. The molecule has 0 saturated heterocycles. The van der Waals surface area contributed by atoms with Crippen molar-refractivity contribution in [2.75, 3.05) is 6.54 Å². The van der Waals surface area contributed by atoms with Crippen LogP contribution in [0, 0.1) is 0 Å². The second kappa shape index (κ2) is 6.83. The standard InChI is InChI=1S/C13H16N2O2.C2H6/c1-9(16)14-6-5-10-8-15(2)13-4-3-11(17)7-12(10)13;1-2/h3-4,7-8,17H,5-6H2,1-2H3,(H,14,16);1-2H3. The number of fused-ring (bicyclic) bond motifs is 1. The molecule has 1 aromatic carbocycles. The molecule has 0 saturated carbocycles. The Morgan fingerprint density at radius 1 is 1.37 bits per heavy atom. The van der Waals surface area contributed by atoms with Crippen LogP contribution in [0.25, 0.3) is 10.9 Å². The van der Waals surface area contributed by atoms with E-state index < -0.39 is 0 Å². The first kappa shape index (κ1) is 15.1. The Kier molecular flexibility index (Phi) is 5.42. The maximum absolute atomic E-state index is 10.8. The Morgan fingerprint density at radius 3 is 2.68 bits per heavy atom. The normalized spacial score (nSPS) is 9.89. The molecule has 2 N–H and O–H groups in total. The molecule has 1 amide bonds. The molecule has 104 valence electrons. The van der Waals surface area contributed by atoms with Crippen molar-refractivity contribution in [3.8, 4) is 5.75 Å². The number of aromatic hydroxyl groups is 1. The molecule has 0 bridgehead atoms. The molecule has 19 heavy (non-hydrogen) atoms. The van der Waals surface area contributed by atoms with Crippen molar-refractivity contribution in [3.63, 3.8) is 0 Å². The van der Waals surface area contributed by atoms with Gasteiger partial charge in [-0.1, -0.05) is 13.8 Å². The van der Waals surface area contributed by atoms with Crippen LogP contribution in [0.1, 0.15) is 26.3 Å². The van der Waals surface area contributed by atoms with Crippen LogP contribution in [0.2, 0.25) is 0 Å². The van der Waals surface area contributed by atoms with Gasteiger partial charge in [0.25, 0.3) is 0 Å². The number of aryl methyl sites for hydroxylation is 1. The molecule has 0 aliphatic rings. The third-order valence-electron chi connectivity index (χ3n) is 2.82. The zero-order valence-corrected chi connectivity index (χ0v) is 12.0. The highest BCUT2D eigenvalue weighted by atomic mass is 16.3. The number of aromatic nitrogens is 1. The van der Waals surface area contributed by atoms with Crippen LogP contribution >= 0.6 is 0 Å². The highest BCUT2D eigenvalue weighted by Crippen LogP contribution is 2.24. The molecule has 0 fully saturated rings. The van der Waals surface area contributed by atoms with E-state index in [0.717, 1.165) is 22.9 Å². The summed E-state index contributed by atoms with van der Waals surface area (Å²) in [4.78, 5) is 10.8. The molecule has 0 unspecified atom stereocenters. The summed E-state index contributed by atoms with van der Waals surface area (Å²) in [5.74, 6) is 0.248. The van der Waals surface area contributed by atoms with Crippen molar-refractivity contribution >= 4 is 16.8 Å². The van der Waals surface area contributed by atoms with Crippen LogP contribution in [0.15, 0.2) is 24.4 Å². The SMILES string of the molecule is CC.CC(=O)NCCc1cn(C)c2ccc(O)cc12. The van der Waals surface area contributed by atoms with Gasteiger partial charge in [0, 0.05) is 37.6 Å². The molecule has 1 heterocycles. The minimum absolute atomic E-state index is 0.0203. The summed E-state index contributed by atoms with van der Waals surface area (Å²) in [6.45, 7) is 6.12. The van der Waals surface area contributed by atoms with Crippen molar-refractivity contribution < 1.29 is 9.90 Å². The number of benzene rings is 1. The van der Waals surface area contributed by atoms with E-state index in [1.165, 1.54) is 6.92 Å². The maximum atomic E-state index is 10.8. The molecule has 0 aliphatic heterocycles. The molecule has 0 atom stereocenters. The fraction of sp³-hybridized carbons (Fsp3) is 0.400. The molecule has 0 aliphatic carbocycles. The number of nitrogens with zero attached hydrogens (tertiary/aromatic N) is 1. The van der Waals surface area contributed by atoms with E-state index in [2.05, 4.69) is 5.32 Å². The Bertz CT molecular complexity index is 559. The summed E-state index contributed by atoms with van der Waals surface area (Å²) in [6, 6.07) is 5.34. The number of nitrogens with one attached hydrogen (secondary N) is 1. The number of amides is 1. The zero-order valence-electron chi connectivity index (χ0n) is 12.0. The van der Waals surface area contributed by atoms with E-state index in [1.54, 1.807) is 12.1 Å². The average molecular weight is 262 g/mol. The third kappa shape index (κ3) is 3.74. The van der Waals surface area contributed by atoms with Gasteiger partial charge in [0.05, 0.1) is 0 Å². The van der Waals surface area contributed by atoms with Gasteiger partial charge in [-0.15, -0.1) is 0 Å². The first-order chi connectivity index (χ1) is 9.08. The summed E-state index contributed by atoms with van der Waals surface area (Å²) in [5, 5.41) is 13.3. The molecule has 4 heteroatoms. The van der Waals surface area contributed by atoms with Crippen LogP contribution < -0.4 is 5.32 Å². The van der Waals surface area contributed by atoms with Crippen LogP contribution in [0.3, 0.4) is 0 Å². The number of phenols is 1. The fourth-order valence-electron chi connectivity index (χ4n) is 2.03. The van der Waals surface area contributed by atoms with Gasteiger partial charge in [0.15, 0.2) is 0 Å². The van der Waals surface area contributed by atoms with Crippen molar-refractivity contribution in [2.45, 2.75) is 27.2 Å². The molecular weight excluding hydrogens is 240 g/mol. The second-order valence-electron chi connectivity index (χ2n) is 4.20. The fourth-order valence-corrected chi connectivity index (χ4v) is 2.03. The van der Waals surface area contributed by atoms with E-state index in [9.17, 15) is 9.90 Å². The van der Waals surface area contributed by atoms with E-state index >= 15 is 0 Å². The van der Waals surface area contributed by atoms with Crippen LogP contribution in [-0.4, -0.2) is 22.1 Å². The first-order valence-electron chi connectivity index (χ1n) is 6.59. The van der Waals surface area contributed by atoms with E-state index in [4.69, 9.17) is 0 Å². The number of carbonyl (C=O) groups is 1. The number of rotatable bonds is 3. The van der Waals surface area contributed by atoms with Gasteiger partial charge in [-0.25, -0.2) is 0 Å². The maximum Gasteiger partial charge on any atom is 0.216 e. The summed E-state index contributed by atoms with van der Waals surface area (Å²) in [7, 11) is 1.97. The van der Waals surface area contributed by atoms with E-state index in [-0.39, 0.29) is 11.7 Å². The summed E-state index contributed by atoms with van der Waals surface area (Å²) >= 11 is 0. The van der Waals surface area contributed by atoms with Crippen molar-refractivity contribution in [3.05, 3.63) is 30.0 Å². The molecule has 2 rings (SSSR count). The lowest BCUT2D eigenvalue weighted by Crippen LogP contribution is -2.22. The van der Waals surface area contributed by atoms with Crippen molar-refractivity contribution in [1.29, 1.82) is 0 Å². The first-order valence-corrected chi connectivity index (χ1v) is 6.59. The van der Waals surface area contributed by atoms with Crippen molar-refractivity contribution in [1.82, 2.24) is 9.88 Å². The topological polar surface area (TPSA) is 54.3 Å². The van der Waals surface area contributed by atoms with Crippen molar-refractivity contribution in [2.24, 2.45) is 7.05 Å². The number of hydrogen-bond acceptors (Lipinski definition) is 2. The Hall–Kier alpha value is -1.97. The number of phenolic OH excluding ortho intramolecular Hbond substituents is 1. The van der Waals surface area contributed by atoms with Crippen LogP contribution in [0.5, 0.6) is 5.75 Å². The predicted molar refractivity (Wildman–Crippen MR) is 78.3 cm³/mol. The molecule has 4 nitrogen and oxygen atoms in total. The highest BCUT2D eigenvalue weighted by Gasteiger charge is 2.07. The Morgan fingerprint density at radius 2 is 2.05 bits per heavy atom. The summed E-state index contributed by atoms with van der Waals surface area (Å²) in [6.07, 6.45) is 2.80. The second-order valence-corrected chi connectivity index (χ2v) is 4.20. The highest BCUT2D eigenvalue weighted by molar-refractivity contribution is 5.85. The Balaban J connectivity index is 0.000000861. The van der Waals surface area contributed by atoms with E-state index in [1.807, 2.05) is 37.7 Å². The van der Waals surface area contributed by atoms with Crippen LogP contribution in [-0.2, 0) is 18.3 Å². The lowest BCUT2D eigenvalue weighted by Gasteiger charge is -2.01. The summed E-state index contributed by atoms with van der Waals surface area (Å²) in [5.41, 5.74) is 2.22. The van der Waals surface area contributed by atoms with Gasteiger partial charge in [-0.3, -0.25) is 4.79 Å². The van der Waals surface area contributed by atoms with Gasteiger partial charge < -0.3 is 15.0 Å². The van der Waals surface area contributed by atoms with Gasteiger partial charge in [-0.05, 0) is 30.2 Å². The Labute approximate surface area is 114 Å². The summed E-state index contributed by atoms with van der Waals surface area (Å²) < 4.78 is 2.03. The lowest BCUT2D eigenvalue weighted by atomic mass is 10.1. The zero-order chi connectivity index (χ0) is 14.4. The number of carbonyl (C=O) groups excluding carboxylic acids is 1. The quantitative estimate of drug-likeness (QED) is 0.893. The minimum Gasteiger partial charge on any atom is -0.508 e. The largest absolute Gasteiger partial charge is 0.508 e. The number of hydrogen-bond donors (Lipinski definition) is 2. The molecule has 1 aromatic heterocycles. The monoisotopic (exact) mass is 262 g/mol. The lowest BCUT2D eigenvalue weighted by molar-refractivity contribution is -0.118. The van der Waals surface area contributed by atoms with Gasteiger partial charge in [0.2, 0.25) is 5.91 Å². The molecule has 0 radical (unpaired) electrons. The third-order valence-corrected chi connectivity index (χ3v) is 2.82. The molecule has 0 spiro atoms. The smallest absolute Gasteiger partial charge is 0.216 e. The molecular formula is C15H22N2O2. The predicted octanol–water partition coefficient (Wildman–Crippen LogP) is 2.59. The van der Waals surface area contributed by atoms with Gasteiger partial charge in [-0.2, -0.15) is 0 Å².